The van der Waals surface area contributed by atoms with Crippen molar-refractivity contribution in [3.05, 3.63) is 52.0 Å². The second-order valence-corrected chi connectivity index (χ2v) is 5.74. The number of aromatic nitrogens is 1. The minimum Gasteiger partial charge on any atom is -0.299 e. The Morgan fingerprint density at radius 2 is 2.17 bits per heavy atom. The standard InChI is InChI=1S/C15H15NOS/c17-14(10-11-4-7-16-8-5-11)12-2-1-3-15-13(12)6-9-18-15/h4-9,12H,1-3,10H2. The lowest BCUT2D eigenvalue weighted by molar-refractivity contribution is -0.120. The summed E-state index contributed by atoms with van der Waals surface area (Å²) in [6, 6.07) is 5.98. The smallest absolute Gasteiger partial charge is 0.144 e. The van der Waals surface area contributed by atoms with Crippen LogP contribution in [0.2, 0.25) is 0 Å². The van der Waals surface area contributed by atoms with Gasteiger partial charge in [-0.1, -0.05) is 0 Å². The summed E-state index contributed by atoms with van der Waals surface area (Å²) >= 11 is 1.79. The number of carbonyl (C=O) groups excluding carboxylic acids is 1. The molecule has 0 aliphatic heterocycles. The van der Waals surface area contributed by atoms with E-state index in [9.17, 15) is 4.79 Å². The van der Waals surface area contributed by atoms with Crippen LogP contribution in [0.15, 0.2) is 36.0 Å². The van der Waals surface area contributed by atoms with Gasteiger partial charge in [0.1, 0.15) is 5.78 Å². The monoisotopic (exact) mass is 257 g/mol. The number of aryl methyl sites for hydroxylation is 1. The summed E-state index contributed by atoms with van der Waals surface area (Å²) in [4.78, 5) is 17.8. The number of fused-ring (bicyclic) bond motifs is 1. The maximum atomic E-state index is 12.4. The van der Waals surface area contributed by atoms with E-state index in [0.29, 0.717) is 12.2 Å². The lowest BCUT2D eigenvalue weighted by Gasteiger charge is -2.21. The SMILES string of the molecule is O=C(Cc1ccncc1)C1CCCc2sccc21. The van der Waals surface area contributed by atoms with Gasteiger partial charge in [0.15, 0.2) is 0 Å². The fraction of sp³-hybridized carbons (Fsp3) is 0.333. The van der Waals surface area contributed by atoms with E-state index in [1.54, 1.807) is 23.7 Å². The maximum Gasteiger partial charge on any atom is 0.144 e. The van der Waals surface area contributed by atoms with Crippen LogP contribution < -0.4 is 0 Å². The number of rotatable bonds is 3. The number of nitrogens with zero attached hydrogens (tertiary/aromatic N) is 1. The highest BCUT2D eigenvalue weighted by molar-refractivity contribution is 7.10. The number of pyridine rings is 1. The lowest BCUT2D eigenvalue weighted by atomic mass is 9.83. The lowest BCUT2D eigenvalue weighted by Crippen LogP contribution is -2.18. The molecule has 3 rings (SSSR count). The van der Waals surface area contributed by atoms with Gasteiger partial charge in [0.05, 0.1) is 0 Å². The molecule has 1 aliphatic carbocycles. The Labute approximate surface area is 111 Å². The van der Waals surface area contributed by atoms with Gasteiger partial charge < -0.3 is 0 Å². The maximum absolute atomic E-state index is 12.4. The molecule has 0 N–H and O–H groups in total. The van der Waals surface area contributed by atoms with E-state index in [2.05, 4.69) is 16.4 Å². The number of thiophene rings is 1. The van der Waals surface area contributed by atoms with E-state index < -0.39 is 0 Å². The second-order valence-electron chi connectivity index (χ2n) is 4.74. The molecule has 0 amide bonds. The van der Waals surface area contributed by atoms with Gasteiger partial charge in [0.2, 0.25) is 0 Å². The molecule has 92 valence electrons. The van der Waals surface area contributed by atoms with E-state index >= 15 is 0 Å². The Bertz CT molecular complexity index is 547. The Hall–Kier alpha value is -1.48. The normalized spacial score (nSPS) is 18.3. The molecular weight excluding hydrogens is 242 g/mol. The average molecular weight is 257 g/mol. The van der Waals surface area contributed by atoms with Crippen molar-refractivity contribution in [1.29, 1.82) is 0 Å². The molecule has 18 heavy (non-hydrogen) atoms. The average Bonchev–Trinajstić information content (AvgIpc) is 2.87. The summed E-state index contributed by atoms with van der Waals surface area (Å²) in [5.74, 6) is 0.466. The van der Waals surface area contributed by atoms with Crippen LogP contribution in [-0.4, -0.2) is 10.8 Å². The zero-order valence-corrected chi connectivity index (χ0v) is 11.0. The Balaban J connectivity index is 1.79. The van der Waals surface area contributed by atoms with Crippen LogP contribution in [0.5, 0.6) is 0 Å². The zero-order chi connectivity index (χ0) is 12.4. The number of Topliss-reactive ketones (excluding diaryl/α,β-unsaturated/α-hetero) is 1. The van der Waals surface area contributed by atoms with Crippen molar-refractivity contribution in [3.8, 4) is 0 Å². The van der Waals surface area contributed by atoms with Crippen LogP contribution in [0, 0.1) is 0 Å². The molecule has 0 aromatic carbocycles. The van der Waals surface area contributed by atoms with Gasteiger partial charge in [0.25, 0.3) is 0 Å². The van der Waals surface area contributed by atoms with Crippen molar-refractivity contribution < 1.29 is 4.79 Å². The molecule has 2 nitrogen and oxygen atoms in total. The van der Waals surface area contributed by atoms with Gasteiger partial charge in [-0.3, -0.25) is 9.78 Å². The van der Waals surface area contributed by atoms with Crippen LogP contribution >= 0.6 is 11.3 Å². The number of ketones is 1. The highest BCUT2D eigenvalue weighted by Gasteiger charge is 2.26. The summed E-state index contributed by atoms with van der Waals surface area (Å²) < 4.78 is 0. The van der Waals surface area contributed by atoms with Gasteiger partial charge in [-0.2, -0.15) is 0 Å². The summed E-state index contributed by atoms with van der Waals surface area (Å²) in [6.45, 7) is 0. The quantitative estimate of drug-likeness (QED) is 0.843. The van der Waals surface area contributed by atoms with Crippen LogP contribution in [0.4, 0.5) is 0 Å². The van der Waals surface area contributed by atoms with Crippen molar-refractivity contribution in [3.63, 3.8) is 0 Å². The molecule has 0 bridgehead atoms. The van der Waals surface area contributed by atoms with E-state index in [1.807, 2.05) is 12.1 Å². The predicted molar refractivity (Wildman–Crippen MR) is 72.9 cm³/mol. The van der Waals surface area contributed by atoms with Crippen LogP contribution in [-0.2, 0) is 17.6 Å². The zero-order valence-electron chi connectivity index (χ0n) is 10.1. The minimum absolute atomic E-state index is 0.119. The fourth-order valence-electron chi connectivity index (χ4n) is 2.65. The van der Waals surface area contributed by atoms with Crippen molar-refractivity contribution in [2.24, 2.45) is 0 Å². The molecule has 0 radical (unpaired) electrons. The molecule has 0 saturated carbocycles. The molecule has 0 fully saturated rings. The van der Waals surface area contributed by atoms with Crippen LogP contribution in [0.25, 0.3) is 0 Å². The molecule has 2 heterocycles. The summed E-state index contributed by atoms with van der Waals surface area (Å²) in [5.41, 5.74) is 2.35. The van der Waals surface area contributed by atoms with Gasteiger partial charge in [-0.05, 0) is 54.0 Å². The van der Waals surface area contributed by atoms with E-state index in [-0.39, 0.29) is 5.92 Å². The van der Waals surface area contributed by atoms with Crippen molar-refractivity contribution in [2.45, 2.75) is 31.6 Å². The first kappa shape index (κ1) is 11.6. The summed E-state index contributed by atoms with van der Waals surface area (Å²) in [7, 11) is 0. The fourth-order valence-corrected chi connectivity index (χ4v) is 3.63. The van der Waals surface area contributed by atoms with Gasteiger partial charge in [-0.15, -0.1) is 11.3 Å². The van der Waals surface area contributed by atoms with Crippen LogP contribution in [0.3, 0.4) is 0 Å². The molecule has 1 aliphatic rings. The number of carbonyl (C=O) groups is 1. The van der Waals surface area contributed by atoms with Crippen molar-refractivity contribution in [2.75, 3.05) is 0 Å². The first-order valence-electron chi connectivity index (χ1n) is 6.32. The number of hydrogen-bond acceptors (Lipinski definition) is 3. The predicted octanol–water partition coefficient (Wildman–Crippen LogP) is 3.37. The molecule has 3 heteroatoms. The molecule has 2 aromatic heterocycles. The third-order valence-electron chi connectivity index (χ3n) is 3.57. The summed E-state index contributed by atoms with van der Waals surface area (Å²) in [6.07, 6.45) is 7.32. The molecular formula is C15H15NOS. The highest BCUT2D eigenvalue weighted by Crippen LogP contribution is 2.35. The largest absolute Gasteiger partial charge is 0.299 e. The highest BCUT2D eigenvalue weighted by atomic mass is 32.1. The van der Waals surface area contributed by atoms with E-state index in [0.717, 1.165) is 24.8 Å². The first-order valence-corrected chi connectivity index (χ1v) is 7.20. The molecule has 0 saturated heterocycles. The Morgan fingerprint density at radius 3 is 3.00 bits per heavy atom. The van der Waals surface area contributed by atoms with Gasteiger partial charge in [-0.25, -0.2) is 0 Å². The van der Waals surface area contributed by atoms with Crippen LogP contribution in [0.1, 0.15) is 34.8 Å². The number of hydrogen-bond donors (Lipinski definition) is 0. The van der Waals surface area contributed by atoms with Crippen molar-refractivity contribution in [1.82, 2.24) is 4.98 Å². The molecule has 2 aromatic rings. The minimum atomic E-state index is 0.119. The second kappa shape index (κ2) is 5.02. The Morgan fingerprint density at radius 1 is 1.33 bits per heavy atom. The summed E-state index contributed by atoms with van der Waals surface area (Å²) in [5, 5.41) is 2.11. The topological polar surface area (TPSA) is 30.0 Å². The molecule has 0 spiro atoms. The Kier molecular flexibility index (Phi) is 3.24. The van der Waals surface area contributed by atoms with E-state index in [4.69, 9.17) is 0 Å². The molecule has 1 atom stereocenters. The third-order valence-corrected chi connectivity index (χ3v) is 4.56. The van der Waals surface area contributed by atoms with Gasteiger partial charge >= 0.3 is 0 Å². The van der Waals surface area contributed by atoms with E-state index in [1.165, 1.54) is 10.4 Å². The van der Waals surface area contributed by atoms with Crippen molar-refractivity contribution >= 4 is 17.1 Å². The first-order chi connectivity index (χ1) is 8.84. The third kappa shape index (κ3) is 2.23. The van der Waals surface area contributed by atoms with Gasteiger partial charge in [0, 0.05) is 29.6 Å². The molecule has 1 unspecified atom stereocenters.